The third kappa shape index (κ3) is 6.06. The fourth-order valence-electron chi connectivity index (χ4n) is 6.45. The molecule has 0 bridgehead atoms. The quantitative estimate of drug-likeness (QED) is 0.197. The average Bonchev–Trinajstić information content (AvgIpc) is 3.83. The standard InChI is InChI=1S/C21H15FN2O2.C20H14FN3O2/c22-16-2-1-3-19-21(16)25-12-20(26-19)18-11-15-5-4-14(10-17(15)24-18)13-6-8-23-9-7-13;21-14-2-1-3-17-19(14)26-18(11-25-17)20-23-15-5-4-13(10-16(15)24-20)12-6-8-22-9-7-12/h1-10,20H,11-12H2;1-10,18H,11H2,(H,23,24). The fraction of sp³-hybridized carbons (Fsp3) is 0.122. The van der Waals surface area contributed by atoms with Gasteiger partial charge in [0.2, 0.25) is 0 Å². The van der Waals surface area contributed by atoms with Crippen LogP contribution in [-0.4, -0.2) is 45.0 Å². The lowest BCUT2D eigenvalue weighted by atomic mass is 10.0. The molecule has 7 aromatic rings. The van der Waals surface area contributed by atoms with Gasteiger partial charge in [-0.25, -0.2) is 13.8 Å². The van der Waals surface area contributed by atoms with Crippen molar-refractivity contribution in [2.75, 3.05) is 13.2 Å². The van der Waals surface area contributed by atoms with Crippen LogP contribution in [0.1, 0.15) is 17.5 Å². The number of H-pyrrole nitrogens is 1. The average molecular weight is 694 g/mol. The van der Waals surface area contributed by atoms with E-state index in [4.69, 9.17) is 23.9 Å². The molecule has 0 radical (unpaired) electrons. The first kappa shape index (κ1) is 31.4. The van der Waals surface area contributed by atoms with Crippen LogP contribution in [0.2, 0.25) is 0 Å². The van der Waals surface area contributed by atoms with Gasteiger partial charge in [-0.1, -0.05) is 30.3 Å². The molecular weight excluding hydrogens is 664 g/mol. The molecule has 256 valence electrons. The van der Waals surface area contributed by atoms with Crippen molar-refractivity contribution in [1.29, 1.82) is 0 Å². The predicted octanol–water partition coefficient (Wildman–Crippen LogP) is 8.63. The molecule has 0 amide bonds. The summed E-state index contributed by atoms with van der Waals surface area (Å²) in [5.74, 6) is 0.917. The Morgan fingerprint density at radius 2 is 1.29 bits per heavy atom. The number of rotatable bonds is 4. The number of hydrogen-bond acceptors (Lipinski definition) is 8. The highest BCUT2D eigenvalue weighted by Crippen LogP contribution is 2.39. The maximum atomic E-state index is 14.0. The summed E-state index contributed by atoms with van der Waals surface area (Å²) < 4.78 is 50.7. The van der Waals surface area contributed by atoms with Gasteiger partial charge >= 0.3 is 0 Å². The van der Waals surface area contributed by atoms with Crippen molar-refractivity contribution < 1.29 is 27.7 Å². The number of aliphatic imine (C=N–C) groups is 1. The van der Waals surface area contributed by atoms with E-state index in [-0.39, 0.29) is 30.8 Å². The molecule has 9 nitrogen and oxygen atoms in total. The molecule has 0 fully saturated rings. The molecule has 1 N–H and O–H groups in total. The van der Waals surface area contributed by atoms with Crippen LogP contribution >= 0.6 is 0 Å². The SMILES string of the molecule is Fc1cccc2c1OC(c1nc3ccc(-c4ccncc4)cc3[nH]1)CO2.Fc1cccc2c1OCC(C1=Nc3cc(-c4ccncc4)ccc3C1)O2. The molecule has 0 saturated carbocycles. The fourth-order valence-corrected chi connectivity index (χ4v) is 6.45. The Balaban J connectivity index is 0.000000138. The lowest BCUT2D eigenvalue weighted by molar-refractivity contribution is 0.0805. The molecule has 0 spiro atoms. The zero-order chi connectivity index (χ0) is 35.0. The van der Waals surface area contributed by atoms with Gasteiger partial charge in [-0.05, 0) is 94.5 Å². The Morgan fingerprint density at radius 1 is 0.615 bits per heavy atom. The minimum absolute atomic E-state index is 0.127. The van der Waals surface area contributed by atoms with Crippen molar-refractivity contribution in [1.82, 2.24) is 19.9 Å². The second-order valence-corrected chi connectivity index (χ2v) is 12.4. The van der Waals surface area contributed by atoms with E-state index < -0.39 is 17.7 Å². The monoisotopic (exact) mass is 693 g/mol. The third-order valence-electron chi connectivity index (χ3n) is 9.09. The number of nitrogens with one attached hydrogen (secondary N) is 1. The van der Waals surface area contributed by atoms with E-state index in [1.807, 2.05) is 42.5 Å². The van der Waals surface area contributed by atoms with Gasteiger partial charge in [0.25, 0.3) is 0 Å². The Bertz CT molecular complexity index is 2460. The van der Waals surface area contributed by atoms with Crippen LogP contribution < -0.4 is 18.9 Å². The molecule has 0 saturated heterocycles. The summed E-state index contributed by atoms with van der Waals surface area (Å²) in [6.07, 6.45) is 7.00. The van der Waals surface area contributed by atoms with Crippen molar-refractivity contribution in [3.63, 3.8) is 0 Å². The normalized spacial score (nSPS) is 16.8. The van der Waals surface area contributed by atoms with Gasteiger partial charge in [-0.2, -0.15) is 0 Å². The first-order valence-electron chi connectivity index (χ1n) is 16.7. The van der Waals surface area contributed by atoms with Gasteiger partial charge in [0, 0.05) is 31.2 Å². The number of aromatic amines is 1. The molecule has 10 rings (SSSR count). The molecule has 2 atom stereocenters. The van der Waals surface area contributed by atoms with E-state index in [0.717, 1.165) is 50.2 Å². The van der Waals surface area contributed by atoms with Crippen molar-refractivity contribution >= 4 is 22.4 Å². The van der Waals surface area contributed by atoms with Gasteiger partial charge in [0.05, 0.1) is 22.4 Å². The van der Waals surface area contributed by atoms with Crippen LogP contribution in [0, 0.1) is 11.6 Å². The summed E-state index contributed by atoms with van der Waals surface area (Å²) in [6.45, 7) is 0.533. The number of halogens is 2. The van der Waals surface area contributed by atoms with Gasteiger partial charge in [0.15, 0.2) is 52.7 Å². The number of nitrogens with zero attached hydrogens (tertiary/aromatic N) is 4. The zero-order valence-electron chi connectivity index (χ0n) is 27.5. The van der Waals surface area contributed by atoms with Crippen molar-refractivity contribution in [3.05, 3.63) is 145 Å². The van der Waals surface area contributed by atoms with Crippen LogP contribution in [-0.2, 0) is 6.42 Å². The highest BCUT2D eigenvalue weighted by Gasteiger charge is 2.31. The number of benzene rings is 4. The Labute approximate surface area is 296 Å². The lowest BCUT2D eigenvalue weighted by Gasteiger charge is -2.26. The number of para-hydroxylation sites is 2. The molecule has 2 unspecified atom stereocenters. The molecule has 4 aromatic carbocycles. The third-order valence-corrected chi connectivity index (χ3v) is 9.09. The topological polar surface area (TPSA) is 104 Å². The van der Waals surface area contributed by atoms with E-state index in [1.54, 1.807) is 49.1 Å². The van der Waals surface area contributed by atoms with E-state index in [9.17, 15) is 8.78 Å². The summed E-state index contributed by atoms with van der Waals surface area (Å²) in [5, 5.41) is 0. The molecule has 52 heavy (non-hydrogen) atoms. The maximum absolute atomic E-state index is 14.0. The number of ether oxygens (including phenoxy) is 4. The van der Waals surface area contributed by atoms with E-state index in [0.29, 0.717) is 23.7 Å². The van der Waals surface area contributed by atoms with Crippen LogP contribution in [0.15, 0.2) is 127 Å². The number of fused-ring (bicyclic) bond motifs is 4. The number of hydrogen-bond donors (Lipinski definition) is 1. The van der Waals surface area contributed by atoms with E-state index in [1.165, 1.54) is 12.1 Å². The summed E-state index contributed by atoms with van der Waals surface area (Å²) >= 11 is 0. The minimum Gasteiger partial charge on any atom is -0.485 e. The summed E-state index contributed by atoms with van der Waals surface area (Å²) in [7, 11) is 0. The number of aromatic nitrogens is 4. The Hall–Kier alpha value is -6.62. The van der Waals surface area contributed by atoms with Crippen molar-refractivity contribution in [3.8, 4) is 45.3 Å². The van der Waals surface area contributed by atoms with Crippen LogP contribution in [0.25, 0.3) is 33.3 Å². The largest absolute Gasteiger partial charge is 0.485 e. The first-order chi connectivity index (χ1) is 25.6. The highest BCUT2D eigenvalue weighted by molar-refractivity contribution is 5.98. The summed E-state index contributed by atoms with van der Waals surface area (Å²) in [6, 6.07) is 29.5. The molecule has 3 aliphatic rings. The summed E-state index contributed by atoms with van der Waals surface area (Å²) in [5.41, 5.74) is 9.06. The zero-order valence-corrected chi connectivity index (χ0v) is 27.5. The van der Waals surface area contributed by atoms with Crippen LogP contribution in [0.4, 0.5) is 14.5 Å². The molecular formula is C41H29F2N5O4. The van der Waals surface area contributed by atoms with Crippen molar-refractivity contribution in [2.24, 2.45) is 4.99 Å². The molecule has 11 heteroatoms. The van der Waals surface area contributed by atoms with Crippen molar-refractivity contribution in [2.45, 2.75) is 18.6 Å². The van der Waals surface area contributed by atoms with E-state index in [2.05, 4.69) is 38.1 Å². The maximum Gasteiger partial charge on any atom is 0.198 e. The smallest absolute Gasteiger partial charge is 0.198 e. The minimum atomic E-state index is -0.490. The Kier molecular flexibility index (Phi) is 8.00. The second-order valence-electron chi connectivity index (χ2n) is 12.4. The molecule has 0 aliphatic carbocycles. The van der Waals surface area contributed by atoms with E-state index >= 15 is 0 Å². The Morgan fingerprint density at radius 3 is 2.06 bits per heavy atom. The molecule has 6 heterocycles. The number of pyridine rings is 2. The van der Waals surface area contributed by atoms with Gasteiger partial charge in [-0.3, -0.25) is 15.0 Å². The molecule has 3 aromatic heterocycles. The van der Waals surface area contributed by atoms with Gasteiger partial charge in [-0.15, -0.1) is 0 Å². The lowest BCUT2D eigenvalue weighted by Crippen LogP contribution is -2.37. The predicted molar refractivity (Wildman–Crippen MR) is 191 cm³/mol. The first-order valence-corrected chi connectivity index (χ1v) is 16.7. The molecule has 3 aliphatic heterocycles. The number of imidazole rings is 1. The van der Waals surface area contributed by atoms with Crippen LogP contribution in [0.5, 0.6) is 23.0 Å². The summed E-state index contributed by atoms with van der Waals surface area (Å²) in [4.78, 5) is 20.7. The van der Waals surface area contributed by atoms with Gasteiger partial charge < -0.3 is 23.9 Å². The van der Waals surface area contributed by atoms with Gasteiger partial charge in [0.1, 0.15) is 13.2 Å². The second kappa shape index (κ2) is 13.3. The van der Waals surface area contributed by atoms with Crippen LogP contribution in [0.3, 0.4) is 0 Å². The highest BCUT2D eigenvalue weighted by atomic mass is 19.1.